The average molecular weight is 302 g/mol. The summed E-state index contributed by atoms with van der Waals surface area (Å²) >= 11 is 3.11. The Morgan fingerprint density at radius 3 is 2.71 bits per heavy atom. The molecule has 5 nitrogen and oxygen atoms in total. The van der Waals surface area contributed by atoms with Crippen LogP contribution in [0, 0.1) is 5.92 Å². The van der Waals surface area contributed by atoms with Crippen molar-refractivity contribution in [2.75, 3.05) is 0 Å². The van der Waals surface area contributed by atoms with Crippen molar-refractivity contribution in [3.05, 3.63) is 22.6 Å². The van der Waals surface area contributed by atoms with Gasteiger partial charge in [-0.2, -0.15) is 0 Å². The number of carboxylic acid groups (broad SMARTS) is 1. The normalized spacial score (nSPS) is 16.5. The largest absolute Gasteiger partial charge is 0.481 e. The number of aliphatic carboxylic acids is 1. The number of rotatable bonds is 5. The molecule has 1 aliphatic carbocycles. The van der Waals surface area contributed by atoms with Crippen LogP contribution in [0.1, 0.15) is 29.8 Å². The number of nitrogens with one attached hydrogen (secondary N) is 1. The number of carbonyl (C=O) groups excluding carboxylic acids is 1. The van der Waals surface area contributed by atoms with Crippen molar-refractivity contribution >= 4 is 27.8 Å². The molecule has 1 atom stereocenters. The van der Waals surface area contributed by atoms with Crippen molar-refractivity contribution in [3.63, 3.8) is 0 Å². The Labute approximate surface area is 106 Å². The zero-order valence-corrected chi connectivity index (χ0v) is 10.6. The second kappa shape index (κ2) is 4.91. The Morgan fingerprint density at radius 2 is 2.24 bits per heavy atom. The second-order valence-corrected chi connectivity index (χ2v) is 4.90. The molecule has 92 valence electrons. The van der Waals surface area contributed by atoms with Crippen molar-refractivity contribution in [1.82, 2.24) is 5.32 Å². The van der Waals surface area contributed by atoms with Gasteiger partial charge in [0.15, 0.2) is 10.4 Å². The first-order valence-corrected chi connectivity index (χ1v) is 6.13. The third-order valence-electron chi connectivity index (χ3n) is 2.70. The molecule has 1 aliphatic rings. The number of carbonyl (C=O) groups is 2. The van der Waals surface area contributed by atoms with Gasteiger partial charge in [0.25, 0.3) is 5.91 Å². The number of amides is 1. The molecule has 0 bridgehead atoms. The molecule has 1 fully saturated rings. The van der Waals surface area contributed by atoms with E-state index >= 15 is 0 Å². The third-order valence-corrected chi connectivity index (χ3v) is 3.13. The highest BCUT2D eigenvalue weighted by Gasteiger charge is 2.34. The number of hydrogen-bond acceptors (Lipinski definition) is 3. The van der Waals surface area contributed by atoms with Gasteiger partial charge in [-0.25, -0.2) is 0 Å². The highest BCUT2D eigenvalue weighted by atomic mass is 79.9. The van der Waals surface area contributed by atoms with Crippen LogP contribution in [0.5, 0.6) is 0 Å². The summed E-state index contributed by atoms with van der Waals surface area (Å²) in [5.41, 5.74) is 0. The van der Waals surface area contributed by atoms with Crippen molar-refractivity contribution < 1.29 is 19.1 Å². The molecule has 17 heavy (non-hydrogen) atoms. The Balaban J connectivity index is 1.97. The van der Waals surface area contributed by atoms with Crippen LogP contribution in [0.15, 0.2) is 21.2 Å². The lowest BCUT2D eigenvalue weighted by Gasteiger charge is -2.14. The van der Waals surface area contributed by atoms with Crippen LogP contribution in [-0.2, 0) is 4.79 Å². The fourth-order valence-electron chi connectivity index (χ4n) is 1.70. The summed E-state index contributed by atoms with van der Waals surface area (Å²) in [7, 11) is 0. The molecule has 1 aromatic rings. The van der Waals surface area contributed by atoms with E-state index in [1.807, 2.05) is 0 Å². The van der Waals surface area contributed by atoms with Crippen molar-refractivity contribution in [1.29, 1.82) is 0 Å². The van der Waals surface area contributed by atoms with E-state index in [0.717, 1.165) is 12.8 Å². The van der Waals surface area contributed by atoms with E-state index in [0.29, 0.717) is 4.67 Å². The van der Waals surface area contributed by atoms with Crippen LogP contribution >= 0.6 is 15.9 Å². The highest BCUT2D eigenvalue weighted by Crippen LogP contribution is 2.34. The summed E-state index contributed by atoms with van der Waals surface area (Å²) in [4.78, 5) is 22.4. The zero-order chi connectivity index (χ0) is 12.4. The highest BCUT2D eigenvalue weighted by molar-refractivity contribution is 9.10. The SMILES string of the molecule is O=C(O)CC(NC(=O)c1ccc(Br)o1)C1CC1. The molecule has 1 unspecified atom stereocenters. The van der Waals surface area contributed by atoms with Gasteiger partial charge in [-0.3, -0.25) is 9.59 Å². The molecule has 1 amide bonds. The van der Waals surface area contributed by atoms with Crippen LogP contribution in [0.3, 0.4) is 0 Å². The average Bonchev–Trinajstić information content (AvgIpc) is 2.99. The van der Waals surface area contributed by atoms with Crippen LogP contribution in [0.25, 0.3) is 0 Å². The minimum atomic E-state index is -0.900. The summed E-state index contributed by atoms with van der Waals surface area (Å²) in [5, 5.41) is 11.5. The van der Waals surface area contributed by atoms with Crippen LogP contribution in [-0.4, -0.2) is 23.0 Å². The van der Waals surface area contributed by atoms with Crippen molar-refractivity contribution in [3.8, 4) is 0 Å². The molecular formula is C11H12BrNO4. The van der Waals surface area contributed by atoms with Gasteiger partial charge in [0, 0.05) is 6.04 Å². The maximum Gasteiger partial charge on any atom is 0.305 e. The zero-order valence-electron chi connectivity index (χ0n) is 8.98. The third kappa shape index (κ3) is 3.33. The van der Waals surface area contributed by atoms with E-state index in [4.69, 9.17) is 9.52 Å². The molecular weight excluding hydrogens is 290 g/mol. The first-order chi connectivity index (χ1) is 8.06. The minimum Gasteiger partial charge on any atom is -0.481 e. The van der Waals surface area contributed by atoms with Crippen LogP contribution < -0.4 is 5.32 Å². The van der Waals surface area contributed by atoms with Crippen LogP contribution in [0.2, 0.25) is 0 Å². The molecule has 2 rings (SSSR count). The maximum absolute atomic E-state index is 11.8. The van der Waals surface area contributed by atoms with E-state index < -0.39 is 5.97 Å². The van der Waals surface area contributed by atoms with E-state index in [-0.39, 0.29) is 30.0 Å². The Hall–Kier alpha value is -1.30. The van der Waals surface area contributed by atoms with Gasteiger partial charge in [0.2, 0.25) is 0 Å². The predicted molar refractivity (Wildman–Crippen MR) is 62.6 cm³/mol. The lowest BCUT2D eigenvalue weighted by atomic mass is 10.1. The van der Waals surface area contributed by atoms with E-state index in [2.05, 4.69) is 21.2 Å². The van der Waals surface area contributed by atoms with Gasteiger partial charge < -0.3 is 14.8 Å². The maximum atomic E-state index is 11.8. The predicted octanol–water partition coefficient (Wildman–Crippen LogP) is 2.03. The number of furan rings is 1. The number of halogens is 1. The monoisotopic (exact) mass is 301 g/mol. The summed E-state index contributed by atoms with van der Waals surface area (Å²) in [6, 6.07) is 2.87. The van der Waals surface area contributed by atoms with E-state index in [1.165, 1.54) is 0 Å². The van der Waals surface area contributed by atoms with Crippen LogP contribution in [0.4, 0.5) is 0 Å². The number of hydrogen-bond donors (Lipinski definition) is 2. The molecule has 0 saturated heterocycles. The fourth-order valence-corrected chi connectivity index (χ4v) is 2.00. The van der Waals surface area contributed by atoms with Gasteiger partial charge in [-0.15, -0.1) is 0 Å². The van der Waals surface area contributed by atoms with E-state index in [9.17, 15) is 9.59 Å². The first-order valence-electron chi connectivity index (χ1n) is 5.34. The number of carboxylic acids is 1. The molecule has 0 radical (unpaired) electrons. The minimum absolute atomic E-state index is 0.0434. The molecule has 1 saturated carbocycles. The molecule has 0 spiro atoms. The molecule has 1 heterocycles. The lowest BCUT2D eigenvalue weighted by molar-refractivity contribution is -0.137. The molecule has 6 heteroatoms. The van der Waals surface area contributed by atoms with Crippen molar-refractivity contribution in [2.45, 2.75) is 25.3 Å². The van der Waals surface area contributed by atoms with E-state index in [1.54, 1.807) is 12.1 Å². The van der Waals surface area contributed by atoms with Crippen molar-refractivity contribution in [2.24, 2.45) is 5.92 Å². The summed E-state index contributed by atoms with van der Waals surface area (Å²) in [5.74, 6) is -0.793. The molecule has 2 N–H and O–H groups in total. The summed E-state index contributed by atoms with van der Waals surface area (Å²) < 4.78 is 5.58. The van der Waals surface area contributed by atoms with Gasteiger partial charge in [0.1, 0.15) is 0 Å². The Bertz CT molecular complexity index is 438. The smallest absolute Gasteiger partial charge is 0.305 e. The standard InChI is InChI=1S/C11H12BrNO4/c12-9-4-3-8(17-9)11(16)13-7(5-10(14)15)6-1-2-6/h3-4,6-7H,1-2,5H2,(H,13,16)(H,14,15). The molecule has 0 aromatic carbocycles. The van der Waals surface area contributed by atoms with Gasteiger partial charge in [0.05, 0.1) is 6.42 Å². The lowest BCUT2D eigenvalue weighted by Crippen LogP contribution is -2.37. The Kier molecular flexibility index (Phi) is 3.51. The summed E-state index contributed by atoms with van der Waals surface area (Å²) in [6.07, 6.45) is 1.90. The van der Waals surface area contributed by atoms with Gasteiger partial charge in [-0.1, -0.05) is 0 Å². The summed E-state index contributed by atoms with van der Waals surface area (Å²) in [6.45, 7) is 0. The fraction of sp³-hybridized carbons (Fsp3) is 0.455. The second-order valence-electron chi connectivity index (χ2n) is 4.12. The molecule has 1 aromatic heterocycles. The molecule has 0 aliphatic heterocycles. The van der Waals surface area contributed by atoms with Gasteiger partial charge in [-0.05, 0) is 46.8 Å². The first kappa shape index (κ1) is 12.2. The topological polar surface area (TPSA) is 79.5 Å². The van der Waals surface area contributed by atoms with Gasteiger partial charge >= 0.3 is 5.97 Å². The Morgan fingerprint density at radius 1 is 1.53 bits per heavy atom. The quantitative estimate of drug-likeness (QED) is 0.872.